The van der Waals surface area contributed by atoms with E-state index in [1.54, 1.807) is 24.3 Å². The topological polar surface area (TPSA) is 57.4 Å². The predicted molar refractivity (Wildman–Crippen MR) is 80.5 cm³/mol. The maximum atomic E-state index is 6.04. The van der Waals surface area contributed by atoms with Gasteiger partial charge in [0.25, 0.3) is 0 Å². The van der Waals surface area contributed by atoms with Crippen LogP contribution in [-0.4, -0.2) is 11.6 Å². The third-order valence-electron chi connectivity index (χ3n) is 2.47. The molecule has 0 saturated carbocycles. The fourth-order valence-corrected chi connectivity index (χ4v) is 1.67. The Morgan fingerprint density at radius 1 is 1.20 bits per heavy atom. The van der Waals surface area contributed by atoms with Crippen LogP contribution in [0.5, 0.6) is 17.5 Å². The molecule has 2 aromatic rings. The minimum absolute atomic E-state index is 0.378. The molecule has 2 N–H and O–H groups in total. The molecule has 0 amide bonds. The van der Waals surface area contributed by atoms with Crippen LogP contribution in [0, 0.1) is 5.92 Å². The van der Waals surface area contributed by atoms with Crippen LogP contribution < -0.4 is 15.2 Å². The van der Waals surface area contributed by atoms with E-state index < -0.39 is 0 Å². The van der Waals surface area contributed by atoms with Gasteiger partial charge in [0.2, 0.25) is 11.8 Å². The number of halogens is 1. The SMILES string of the molecule is CC(C)COc1nc(Oc2ccccc2Cl)ccc1N. The summed E-state index contributed by atoms with van der Waals surface area (Å²) in [6, 6.07) is 10.6. The molecule has 20 heavy (non-hydrogen) atoms. The molecule has 4 nitrogen and oxygen atoms in total. The monoisotopic (exact) mass is 292 g/mol. The first-order valence-corrected chi connectivity index (χ1v) is 6.75. The largest absolute Gasteiger partial charge is 0.476 e. The van der Waals surface area contributed by atoms with Crippen molar-refractivity contribution in [2.75, 3.05) is 12.3 Å². The summed E-state index contributed by atoms with van der Waals surface area (Å²) in [7, 11) is 0. The summed E-state index contributed by atoms with van der Waals surface area (Å²) in [5.41, 5.74) is 6.31. The smallest absolute Gasteiger partial charge is 0.240 e. The molecule has 0 atom stereocenters. The Labute approximate surface area is 123 Å². The summed E-state index contributed by atoms with van der Waals surface area (Å²) in [4.78, 5) is 4.25. The van der Waals surface area contributed by atoms with E-state index in [0.29, 0.717) is 40.7 Å². The van der Waals surface area contributed by atoms with Crippen molar-refractivity contribution in [2.24, 2.45) is 5.92 Å². The number of hydrogen-bond donors (Lipinski definition) is 1. The number of ether oxygens (including phenoxy) is 2. The lowest BCUT2D eigenvalue weighted by atomic mass is 10.2. The molecule has 0 fully saturated rings. The van der Waals surface area contributed by atoms with Gasteiger partial charge < -0.3 is 15.2 Å². The van der Waals surface area contributed by atoms with Gasteiger partial charge in [-0.3, -0.25) is 0 Å². The van der Waals surface area contributed by atoms with Crippen molar-refractivity contribution in [3.8, 4) is 17.5 Å². The standard InChI is InChI=1S/C15H17ClN2O2/c1-10(2)9-19-15-12(17)7-8-14(18-15)20-13-6-4-3-5-11(13)16/h3-8,10H,9,17H2,1-2H3. The Bertz CT molecular complexity index is 588. The van der Waals surface area contributed by atoms with Crippen LogP contribution in [0.1, 0.15) is 13.8 Å². The molecule has 1 aromatic carbocycles. The van der Waals surface area contributed by atoms with E-state index in [2.05, 4.69) is 18.8 Å². The first-order valence-electron chi connectivity index (χ1n) is 6.38. The predicted octanol–water partition coefficient (Wildman–Crippen LogP) is 4.14. The zero-order valence-electron chi connectivity index (χ0n) is 11.5. The van der Waals surface area contributed by atoms with Crippen molar-refractivity contribution >= 4 is 17.3 Å². The van der Waals surface area contributed by atoms with E-state index in [-0.39, 0.29) is 0 Å². The molecule has 0 spiro atoms. The normalized spacial score (nSPS) is 10.6. The second-order valence-corrected chi connectivity index (χ2v) is 5.19. The number of para-hydroxylation sites is 1. The number of nitrogens with zero attached hydrogens (tertiary/aromatic N) is 1. The first-order chi connectivity index (χ1) is 9.56. The number of rotatable bonds is 5. The van der Waals surface area contributed by atoms with Gasteiger partial charge in [-0.15, -0.1) is 0 Å². The second-order valence-electron chi connectivity index (χ2n) is 4.78. The number of nitrogen functional groups attached to an aromatic ring is 1. The number of nitrogens with two attached hydrogens (primary N) is 1. The third-order valence-corrected chi connectivity index (χ3v) is 2.78. The molecule has 0 aliphatic carbocycles. The minimum Gasteiger partial charge on any atom is -0.476 e. The van der Waals surface area contributed by atoms with Crippen molar-refractivity contribution in [1.29, 1.82) is 0 Å². The van der Waals surface area contributed by atoms with Gasteiger partial charge in [0.05, 0.1) is 17.3 Å². The summed E-state index contributed by atoms with van der Waals surface area (Å²) >= 11 is 6.04. The zero-order valence-corrected chi connectivity index (χ0v) is 12.2. The van der Waals surface area contributed by atoms with Crippen molar-refractivity contribution in [1.82, 2.24) is 4.98 Å². The molecule has 2 rings (SSSR count). The number of pyridine rings is 1. The Morgan fingerprint density at radius 2 is 1.95 bits per heavy atom. The highest BCUT2D eigenvalue weighted by molar-refractivity contribution is 6.32. The molecular formula is C15H17ClN2O2. The Morgan fingerprint density at radius 3 is 2.65 bits per heavy atom. The quantitative estimate of drug-likeness (QED) is 0.899. The molecular weight excluding hydrogens is 276 g/mol. The van der Waals surface area contributed by atoms with Gasteiger partial charge in [0.15, 0.2) is 0 Å². The number of benzene rings is 1. The lowest BCUT2D eigenvalue weighted by Crippen LogP contribution is -2.07. The first kappa shape index (κ1) is 14.5. The molecule has 0 aliphatic rings. The minimum atomic E-state index is 0.378. The van der Waals surface area contributed by atoms with Crippen molar-refractivity contribution in [3.63, 3.8) is 0 Å². The van der Waals surface area contributed by atoms with Gasteiger partial charge in [-0.2, -0.15) is 4.98 Å². The molecule has 1 aromatic heterocycles. The van der Waals surface area contributed by atoms with Gasteiger partial charge in [-0.05, 0) is 24.1 Å². The Hall–Kier alpha value is -1.94. The molecule has 5 heteroatoms. The van der Waals surface area contributed by atoms with E-state index in [0.717, 1.165) is 0 Å². The van der Waals surface area contributed by atoms with Crippen molar-refractivity contribution in [2.45, 2.75) is 13.8 Å². The lowest BCUT2D eigenvalue weighted by molar-refractivity contribution is 0.260. The Balaban J connectivity index is 2.17. The molecule has 1 heterocycles. The second kappa shape index (κ2) is 6.48. The van der Waals surface area contributed by atoms with Gasteiger partial charge in [-0.1, -0.05) is 37.6 Å². The summed E-state index contributed by atoms with van der Waals surface area (Å²) in [5, 5.41) is 0.524. The van der Waals surface area contributed by atoms with Gasteiger partial charge in [0.1, 0.15) is 5.75 Å². The Kier molecular flexibility index (Phi) is 4.69. The summed E-state index contributed by atoms with van der Waals surface area (Å²) < 4.78 is 11.2. The highest BCUT2D eigenvalue weighted by Gasteiger charge is 2.08. The van der Waals surface area contributed by atoms with Crippen molar-refractivity contribution < 1.29 is 9.47 Å². The van der Waals surface area contributed by atoms with E-state index in [1.165, 1.54) is 0 Å². The molecule has 0 bridgehead atoms. The van der Waals surface area contributed by atoms with E-state index in [1.807, 2.05) is 12.1 Å². The maximum Gasteiger partial charge on any atom is 0.240 e. The number of aromatic nitrogens is 1. The highest BCUT2D eigenvalue weighted by atomic mass is 35.5. The van der Waals surface area contributed by atoms with Crippen LogP contribution in [-0.2, 0) is 0 Å². The van der Waals surface area contributed by atoms with Crippen LogP contribution in [0.2, 0.25) is 5.02 Å². The van der Waals surface area contributed by atoms with Crippen LogP contribution in [0.25, 0.3) is 0 Å². The zero-order chi connectivity index (χ0) is 14.5. The third kappa shape index (κ3) is 3.78. The average molecular weight is 293 g/mol. The fraction of sp³-hybridized carbons (Fsp3) is 0.267. The summed E-state index contributed by atoms with van der Waals surface area (Å²) in [6.07, 6.45) is 0. The van der Waals surface area contributed by atoms with E-state index >= 15 is 0 Å². The average Bonchev–Trinajstić information content (AvgIpc) is 2.42. The summed E-state index contributed by atoms with van der Waals surface area (Å²) in [6.45, 7) is 4.66. The molecule has 106 valence electrons. The van der Waals surface area contributed by atoms with E-state index in [4.69, 9.17) is 26.8 Å². The molecule has 0 aliphatic heterocycles. The van der Waals surface area contributed by atoms with Crippen LogP contribution >= 0.6 is 11.6 Å². The van der Waals surface area contributed by atoms with Gasteiger partial charge in [-0.25, -0.2) is 0 Å². The van der Waals surface area contributed by atoms with Gasteiger partial charge in [0, 0.05) is 6.07 Å². The van der Waals surface area contributed by atoms with Crippen LogP contribution in [0.15, 0.2) is 36.4 Å². The number of anilines is 1. The molecule has 0 unspecified atom stereocenters. The van der Waals surface area contributed by atoms with Crippen LogP contribution in [0.3, 0.4) is 0 Å². The number of hydrogen-bond acceptors (Lipinski definition) is 4. The molecule has 0 saturated heterocycles. The van der Waals surface area contributed by atoms with Gasteiger partial charge >= 0.3 is 0 Å². The summed E-state index contributed by atoms with van der Waals surface area (Å²) in [5.74, 6) is 1.71. The molecule has 0 radical (unpaired) electrons. The van der Waals surface area contributed by atoms with Crippen LogP contribution in [0.4, 0.5) is 5.69 Å². The van der Waals surface area contributed by atoms with Crippen molar-refractivity contribution in [3.05, 3.63) is 41.4 Å². The fourth-order valence-electron chi connectivity index (χ4n) is 1.49. The van der Waals surface area contributed by atoms with E-state index in [9.17, 15) is 0 Å². The lowest BCUT2D eigenvalue weighted by Gasteiger charge is -2.12. The highest BCUT2D eigenvalue weighted by Crippen LogP contribution is 2.30. The maximum absolute atomic E-state index is 6.04.